The van der Waals surface area contributed by atoms with Crippen LogP contribution in [-0.4, -0.2) is 44.3 Å². The molecule has 4 aromatic carbocycles. The zero-order valence-corrected chi connectivity index (χ0v) is 29.5. The Balaban J connectivity index is 1.80. The summed E-state index contributed by atoms with van der Waals surface area (Å²) in [4.78, 5) is 29.8. The number of unbranched alkanes of at least 4 members (excludes halogenated alkanes) is 1. The van der Waals surface area contributed by atoms with Crippen LogP contribution in [0.4, 0.5) is 5.69 Å². The van der Waals surface area contributed by atoms with Crippen molar-refractivity contribution in [1.82, 2.24) is 10.2 Å². The summed E-state index contributed by atoms with van der Waals surface area (Å²) in [5.41, 5.74) is 2.69. The molecule has 0 radical (unpaired) electrons. The van der Waals surface area contributed by atoms with Gasteiger partial charge in [0.15, 0.2) is 0 Å². The molecule has 11 heteroatoms. The Bertz CT molecular complexity index is 1740. The molecule has 0 aromatic heterocycles. The largest absolute Gasteiger partial charge is 0.354 e. The Labute approximate surface area is 289 Å². The van der Waals surface area contributed by atoms with Gasteiger partial charge in [0.25, 0.3) is 10.0 Å². The monoisotopic (exact) mass is 743 g/mol. The van der Waals surface area contributed by atoms with Gasteiger partial charge in [-0.25, -0.2) is 8.42 Å². The average molecular weight is 746 g/mol. The number of benzene rings is 4. The number of nitrogens with zero attached hydrogens (tertiary/aromatic N) is 2. The Hall–Kier alpha value is -3.37. The SMILES string of the molecule is CCCCNC(=O)[C@@H](Cc1ccccc1)N(Cc1ccc(Cl)c(Cl)c1)C(=O)CN(c1ccc(Br)cc1)S(=O)(=O)c1ccc(C)cc1. The van der Waals surface area contributed by atoms with Crippen LogP contribution in [0.3, 0.4) is 0 Å². The van der Waals surface area contributed by atoms with E-state index < -0.39 is 28.5 Å². The predicted octanol–water partition coefficient (Wildman–Crippen LogP) is 7.82. The lowest BCUT2D eigenvalue weighted by Crippen LogP contribution is -2.53. The second kappa shape index (κ2) is 16.5. The Morgan fingerprint density at radius 2 is 1.54 bits per heavy atom. The first kappa shape index (κ1) is 35.5. The summed E-state index contributed by atoms with van der Waals surface area (Å²) in [6.45, 7) is 3.78. The van der Waals surface area contributed by atoms with Crippen LogP contribution in [0.2, 0.25) is 10.0 Å². The molecule has 1 N–H and O–H groups in total. The summed E-state index contributed by atoms with van der Waals surface area (Å²) in [6.07, 6.45) is 1.88. The fourth-order valence-electron chi connectivity index (χ4n) is 4.87. The van der Waals surface area contributed by atoms with Crippen molar-refractivity contribution in [2.45, 2.75) is 50.6 Å². The number of hydrogen-bond donors (Lipinski definition) is 1. The highest BCUT2D eigenvalue weighted by Crippen LogP contribution is 2.28. The van der Waals surface area contributed by atoms with Crippen LogP contribution in [0, 0.1) is 6.92 Å². The van der Waals surface area contributed by atoms with Crippen LogP contribution in [-0.2, 0) is 32.6 Å². The number of sulfonamides is 1. The molecule has 0 unspecified atom stereocenters. The molecule has 242 valence electrons. The average Bonchev–Trinajstić information content (AvgIpc) is 3.04. The van der Waals surface area contributed by atoms with E-state index in [1.165, 1.54) is 17.0 Å². The number of aryl methyl sites for hydroxylation is 1. The molecule has 0 aliphatic heterocycles. The summed E-state index contributed by atoms with van der Waals surface area (Å²) in [7, 11) is -4.19. The van der Waals surface area contributed by atoms with Crippen molar-refractivity contribution in [3.63, 3.8) is 0 Å². The van der Waals surface area contributed by atoms with E-state index in [1.54, 1.807) is 54.6 Å². The number of amides is 2. The van der Waals surface area contributed by atoms with Gasteiger partial charge in [-0.3, -0.25) is 13.9 Å². The number of hydrogen-bond acceptors (Lipinski definition) is 4. The van der Waals surface area contributed by atoms with Crippen molar-refractivity contribution in [2.75, 3.05) is 17.4 Å². The summed E-state index contributed by atoms with van der Waals surface area (Å²) >= 11 is 15.9. The number of halogens is 3. The van der Waals surface area contributed by atoms with Crippen molar-refractivity contribution < 1.29 is 18.0 Å². The van der Waals surface area contributed by atoms with E-state index in [4.69, 9.17) is 23.2 Å². The molecule has 0 aliphatic rings. The topological polar surface area (TPSA) is 86.8 Å². The number of carbonyl (C=O) groups excluding carboxylic acids is 2. The van der Waals surface area contributed by atoms with E-state index in [9.17, 15) is 18.0 Å². The molecule has 0 bridgehead atoms. The van der Waals surface area contributed by atoms with Crippen molar-refractivity contribution in [3.05, 3.63) is 128 Å². The number of nitrogens with one attached hydrogen (secondary N) is 1. The maximum Gasteiger partial charge on any atom is 0.264 e. The van der Waals surface area contributed by atoms with Gasteiger partial charge in [0.05, 0.1) is 20.6 Å². The number of rotatable bonds is 14. The van der Waals surface area contributed by atoms with E-state index in [0.717, 1.165) is 32.7 Å². The third-order valence-electron chi connectivity index (χ3n) is 7.44. The van der Waals surface area contributed by atoms with Gasteiger partial charge < -0.3 is 10.2 Å². The molecule has 0 heterocycles. The lowest BCUT2D eigenvalue weighted by atomic mass is 10.0. The molecular weight excluding hydrogens is 709 g/mol. The molecule has 0 fully saturated rings. The van der Waals surface area contributed by atoms with Gasteiger partial charge in [0, 0.05) is 24.0 Å². The first-order chi connectivity index (χ1) is 22.0. The minimum atomic E-state index is -4.19. The van der Waals surface area contributed by atoms with Crippen LogP contribution in [0.1, 0.15) is 36.5 Å². The molecule has 4 aromatic rings. The maximum atomic E-state index is 14.5. The molecule has 0 saturated carbocycles. The minimum absolute atomic E-state index is 0.00677. The van der Waals surface area contributed by atoms with Crippen molar-refractivity contribution in [3.8, 4) is 0 Å². The van der Waals surface area contributed by atoms with Crippen LogP contribution >= 0.6 is 39.1 Å². The third kappa shape index (κ3) is 9.35. The maximum absolute atomic E-state index is 14.5. The molecule has 7 nitrogen and oxygen atoms in total. The van der Waals surface area contributed by atoms with Crippen molar-refractivity contribution in [1.29, 1.82) is 0 Å². The summed E-state index contributed by atoms with van der Waals surface area (Å²) in [6, 6.07) is 26.6. The molecular formula is C35H36BrCl2N3O4S. The van der Waals surface area contributed by atoms with Crippen LogP contribution < -0.4 is 9.62 Å². The zero-order chi connectivity index (χ0) is 33.3. The van der Waals surface area contributed by atoms with Crippen molar-refractivity contribution in [2.24, 2.45) is 0 Å². The molecule has 0 saturated heterocycles. The van der Waals surface area contributed by atoms with Gasteiger partial charge in [0.1, 0.15) is 12.6 Å². The highest BCUT2D eigenvalue weighted by molar-refractivity contribution is 9.10. The molecule has 2 amide bonds. The molecule has 0 aliphatic carbocycles. The third-order valence-corrected chi connectivity index (χ3v) is 10.5. The summed E-state index contributed by atoms with van der Waals surface area (Å²) < 4.78 is 30.1. The lowest BCUT2D eigenvalue weighted by Gasteiger charge is -2.34. The first-order valence-electron chi connectivity index (χ1n) is 14.9. The molecule has 1 atom stereocenters. The van der Waals surface area contributed by atoms with Crippen LogP contribution in [0.5, 0.6) is 0 Å². The lowest BCUT2D eigenvalue weighted by molar-refractivity contribution is -0.140. The van der Waals surface area contributed by atoms with Gasteiger partial charge in [-0.15, -0.1) is 0 Å². The number of anilines is 1. The van der Waals surface area contributed by atoms with Gasteiger partial charge in [-0.2, -0.15) is 0 Å². The zero-order valence-electron chi connectivity index (χ0n) is 25.6. The van der Waals surface area contributed by atoms with Crippen LogP contribution in [0.15, 0.2) is 106 Å². The second-order valence-electron chi connectivity index (χ2n) is 10.9. The molecule has 0 spiro atoms. The highest BCUT2D eigenvalue weighted by Gasteiger charge is 2.34. The van der Waals surface area contributed by atoms with E-state index in [0.29, 0.717) is 27.8 Å². The smallest absolute Gasteiger partial charge is 0.264 e. The Morgan fingerprint density at radius 3 is 2.17 bits per heavy atom. The summed E-state index contributed by atoms with van der Waals surface area (Å²) in [5.74, 6) is -0.890. The van der Waals surface area contributed by atoms with Gasteiger partial charge in [0.2, 0.25) is 11.8 Å². The minimum Gasteiger partial charge on any atom is -0.354 e. The highest BCUT2D eigenvalue weighted by atomic mass is 79.9. The quantitative estimate of drug-likeness (QED) is 0.134. The molecule has 46 heavy (non-hydrogen) atoms. The van der Waals surface area contributed by atoms with E-state index in [-0.39, 0.29) is 23.8 Å². The normalized spacial score (nSPS) is 11.9. The first-order valence-corrected chi connectivity index (χ1v) is 17.9. The standard InChI is InChI=1S/C35H36BrCl2N3O4S/c1-3-4-20-39-35(43)33(22-26-8-6-5-7-9-26)40(23-27-12-19-31(37)32(38)21-27)34(42)24-41(29-15-13-28(36)14-16-29)46(44,45)30-17-10-25(2)11-18-30/h5-19,21,33H,3-4,20,22-24H2,1-2H3,(H,39,43)/t33-/m1/s1. The predicted molar refractivity (Wildman–Crippen MR) is 189 cm³/mol. The number of carbonyl (C=O) groups is 2. The van der Waals surface area contributed by atoms with E-state index in [1.807, 2.05) is 44.2 Å². The summed E-state index contributed by atoms with van der Waals surface area (Å²) in [5, 5.41) is 3.64. The fraction of sp³-hybridized carbons (Fsp3) is 0.257. The Morgan fingerprint density at radius 1 is 0.870 bits per heavy atom. The Kier molecular flexibility index (Phi) is 12.7. The van der Waals surface area contributed by atoms with E-state index >= 15 is 0 Å². The van der Waals surface area contributed by atoms with Gasteiger partial charge >= 0.3 is 0 Å². The fourth-order valence-corrected chi connectivity index (χ4v) is 6.87. The van der Waals surface area contributed by atoms with Gasteiger partial charge in [-0.1, -0.05) is 107 Å². The van der Waals surface area contributed by atoms with Gasteiger partial charge in [-0.05, 0) is 73.0 Å². The second-order valence-corrected chi connectivity index (χ2v) is 14.5. The molecule has 4 rings (SSSR count). The van der Waals surface area contributed by atoms with Crippen molar-refractivity contribution >= 4 is 66.7 Å². The van der Waals surface area contributed by atoms with E-state index in [2.05, 4.69) is 21.2 Å². The van der Waals surface area contributed by atoms with Crippen LogP contribution in [0.25, 0.3) is 0 Å².